The summed E-state index contributed by atoms with van der Waals surface area (Å²) >= 11 is 0. The van der Waals surface area contributed by atoms with Crippen LogP contribution in [0.1, 0.15) is 11.1 Å². The third-order valence-electron chi connectivity index (χ3n) is 1.88. The molecular weight excluding hydrogens is 178 g/mol. The van der Waals surface area contributed by atoms with Crippen molar-refractivity contribution in [2.75, 3.05) is 7.11 Å². The zero-order valence-electron chi connectivity index (χ0n) is 8.19. The maximum absolute atomic E-state index is 10.8. The number of benzene rings is 1. The summed E-state index contributed by atoms with van der Waals surface area (Å²) in [6.45, 7) is 0.779. The van der Waals surface area contributed by atoms with E-state index >= 15 is 0 Å². The zero-order chi connectivity index (χ0) is 10.4. The van der Waals surface area contributed by atoms with Crippen LogP contribution in [0.3, 0.4) is 0 Å². The van der Waals surface area contributed by atoms with Crippen LogP contribution in [0.2, 0.25) is 0 Å². The maximum Gasteiger partial charge on any atom is 0.330 e. The van der Waals surface area contributed by atoms with Gasteiger partial charge in [-0.25, -0.2) is 4.79 Å². The third kappa shape index (κ3) is 3.03. The molecule has 3 nitrogen and oxygen atoms in total. The lowest BCUT2D eigenvalue weighted by Crippen LogP contribution is -2.47. The lowest BCUT2D eigenvalue weighted by molar-refractivity contribution is -0.386. The summed E-state index contributed by atoms with van der Waals surface area (Å²) in [5.74, 6) is -0.341. The number of quaternary nitrogens is 1. The summed E-state index contributed by atoms with van der Waals surface area (Å²) in [5.41, 5.74) is 5.94. The number of ether oxygens (including phenoxy) is 1. The Balaban J connectivity index is 2.68. The van der Waals surface area contributed by atoms with E-state index in [-0.39, 0.29) is 5.97 Å². The lowest BCUT2D eigenvalue weighted by atomic mass is 10.1. The molecular formula is C11H14NO2+. The van der Waals surface area contributed by atoms with Gasteiger partial charge in [0.25, 0.3) is 0 Å². The molecule has 0 amide bonds. The third-order valence-corrected chi connectivity index (χ3v) is 1.88. The molecule has 14 heavy (non-hydrogen) atoms. The van der Waals surface area contributed by atoms with E-state index in [1.54, 1.807) is 6.08 Å². The van der Waals surface area contributed by atoms with Crippen LogP contribution in [0.15, 0.2) is 30.3 Å². The number of hydrogen-bond acceptors (Lipinski definition) is 2. The zero-order valence-corrected chi connectivity index (χ0v) is 8.19. The Labute approximate surface area is 83.2 Å². The minimum Gasteiger partial charge on any atom is -0.466 e. The van der Waals surface area contributed by atoms with Crippen molar-refractivity contribution in [1.82, 2.24) is 0 Å². The van der Waals surface area contributed by atoms with E-state index in [9.17, 15) is 4.79 Å². The Morgan fingerprint density at radius 2 is 2.07 bits per heavy atom. The highest BCUT2D eigenvalue weighted by Crippen LogP contribution is 2.05. The molecule has 0 aliphatic rings. The average molecular weight is 192 g/mol. The van der Waals surface area contributed by atoms with E-state index < -0.39 is 0 Å². The molecule has 0 saturated carbocycles. The van der Waals surface area contributed by atoms with Gasteiger partial charge < -0.3 is 10.5 Å². The summed E-state index contributed by atoms with van der Waals surface area (Å²) < 4.78 is 4.48. The van der Waals surface area contributed by atoms with Gasteiger partial charge in [0.1, 0.15) is 0 Å². The van der Waals surface area contributed by atoms with Gasteiger partial charge in [-0.15, -0.1) is 0 Å². The molecule has 0 aliphatic heterocycles. The van der Waals surface area contributed by atoms with Gasteiger partial charge in [0.05, 0.1) is 13.7 Å². The number of rotatable bonds is 3. The smallest absolute Gasteiger partial charge is 0.330 e. The first-order valence-corrected chi connectivity index (χ1v) is 4.40. The molecule has 3 N–H and O–H groups in total. The largest absolute Gasteiger partial charge is 0.466 e. The van der Waals surface area contributed by atoms with Gasteiger partial charge in [0, 0.05) is 11.6 Å². The molecule has 0 saturated heterocycles. The van der Waals surface area contributed by atoms with Crippen molar-refractivity contribution in [3.63, 3.8) is 0 Å². The van der Waals surface area contributed by atoms with Gasteiger partial charge >= 0.3 is 5.97 Å². The predicted molar refractivity (Wildman–Crippen MR) is 54.1 cm³/mol. The predicted octanol–water partition coefficient (Wildman–Crippen LogP) is 0.615. The second kappa shape index (κ2) is 5.19. The first-order chi connectivity index (χ1) is 6.76. The van der Waals surface area contributed by atoms with Crippen LogP contribution >= 0.6 is 0 Å². The molecule has 0 heterocycles. The Bertz CT molecular complexity index is 328. The fourth-order valence-electron chi connectivity index (χ4n) is 1.03. The van der Waals surface area contributed by atoms with Crippen molar-refractivity contribution in [2.45, 2.75) is 6.54 Å². The number of hydrogen-bond donors (Lipinski definition) is 1. The number of carbonyl (C=O) groups is 1. The molecule has 0 radical (unpaired) electrons. The second-order valence-corrected chi connectivity index (χ2v) is 2.85. The molecule has 3 heteroatoms. The summed E-state index contributed by atoms with van der Waals surface area (Å²) in [7, 11) is 1.36. The Kier molecular flexibility index (Phi) is 3.88. The number of carbonyl (C=O) groups excluding carboxylic acids is 1. The highest BCUT2D eigenvalue weighted by atomic mass is 16.5. The molecule has 1 aromatic carbocycles. The highest BCUT2D eigenvalue weighted by Gasteiger charge is 1.93. The molecule has 0 fully saturated rings. The molecule has 1 rings (SSSR count). The van der Waals surface area contributed by atoms with Crippen molar-refractivity contribution in [1.29, 1.82) is 0 Å². The Morgan fingerprint density at radius 1 is 1.43 bits per heavy atom. The van der Waals surface area contributed by atoms with Crippen LogP contribution in [-0.4, -0.2) is 13.1 Å². The normalized spacial score (nSPS) is 10.4. The molecule has 0 atom stereocenters. The van der Waals surface area contributed by atoms with Crippen LogP contribution in [0.4, 0.5) is 0 Å². The van der Waals surface area contributed by atoms with Gasteiger partial charge in [0.15, 0.2) is 0 Å². The van der Waals surface area contributed by atoms with Crippen molar-refractivity contribution >= 4 is 12.0 Å². The molecule has 0 spiro atoms. The summed E-state index contributed by atoms with van der Waals surface area (Å²) in [4.78, 5) is 10.8. The van der Waals surface area contributed by atoms with E-state index in [0.717, 1.165) is 12.1 Å². The summed E-state index contributed by atoms with van der Waals surface area (Å²) in [5, 5.41) is 0. The van der Waals surface area contributed by atoms with Gasteiger partial charge in [-0.3, -0.25) is 0 Å². The number of methoxy groups -OCH3 is 1. The minimum atomic E-state index is -0.341. The average Bonchev–Trinajstić information content (AvgIpc) is 2.26. The van der Waals surface area contributed by atoms with Crippen LogP contribution in [0.5, 0.6) is 0 Å². The van der Waals surface area contributed by atoms with E-state index in [2.05, 4.69) is 10.5 Å². The second-order valence-electron chi connectivity index (χ2n) is 2.85. The van der Waals surface area contributed by atoms with Gasteiger partial charge in [-0.2, -0.15) is 0 Å². The Hall–Kier alpha value is -1.61. The maximum atomic E-state index is 10.8. The molecule has 0 bridgehead atoms. The topological polar surface area (TPSA) is 53.9 Å². The van der Waals surface area contributed by atoms with Crippen LogP contribution in [0, 0.1) is 0 Å². The van der Waals surface area contributed by atoms with Crippen LogP contribution < -0.4 is 5.73 Å². The summed E-state index contributed by atoms with van der Waals surface area (Å²) in [6.07, 6.45) is 3.12. The first kappa shape index (κ1) is 10.5. The van der Waals surface area contributed by atoms with E-state index in [1.807, 2.05) is 24.3 Å². The van der Waals surface area contributed by atoms with Gasteiger partial charge in [-0.05, 0) is 11.6 Å². The van der Waals surface area contributed by atoms with Gasteiger partial charge in [-0.1, -0.05) is 24.3 Å². The fraction of sp³-hybridized carbons (Fsp3) is 0.182. The quantitative estimate of drug-likeness (QED) is 0.563. The van der Waals surface area contributed by atoms with Crippen molar-refractivity contribution < 1.29 is 15.3 Å². The van der Waals surface area contributed by atoms with E-state index in [1.165, 1.54) is 18.7 Å². The molecule has 0 aliphatic carbocycles. The van der Waals surface area contributed by atoms with Crippen LogP contribution in [-0.2, 0) is 16.1 Å². The molecule has 0 unspecified atom stereocenters. The molecule has 74 valence electrons. The van der Waals surface area contributed by atoms with Crippen molar-refractivity contribution in [3.8, 4) is 0 Å². The standard InChI is InChI=1S/C11H13NO2/c1-14-11(13)7-6-9-2-4-10(8-12)5-3-9/h2-7H,8,12H2,1H3/p+1/b7-6+. The minimum absolute atomic E-state index is 0.341. The lowest BCUT2D eigenvalue weighted by Gasteiger charge is -1.95. The molecule has 0 aromatic heterocycles. The van der Waals surface area contributed by atoms with Crippen molar-refractivity contribution in [2.24, 2.45) is 0 Å². The SMILES string of the molecule is COC(=O)/C=C/c1ccc(C[NH3+])cc1. The monoisotopic (exact) mass is 192 g/mol. The Morgan fingerprint density at radius 3 is 2.57 bits per heavy atom. The van der Waals surface area contributed by atoms with Crippen molar-refractivity contribution in [3.05, 3.63) is 41.5 Å². The first-order valence-electron chi connectivity index (χ1n) is 4.40. The number of esters is 1. The highest BCUT2D eigenvalue weighted by molar-refractivity contribution is 5.86. The fourth-order valence-corrected chi connectivity index (χ4v) is 1.03. The van der Waals surface area contributed by atoms with Crippen LogP contribution in [0.25, 0.3) is 6.08 Å². The van der Waals surface area contributed by atoms with E-state index in [4.69, 9.17) is 0 Å². The molecule has 1 aromatic rings. The van der Waals surface area contributed by atoms with E-state index in [0.29, 0.717) is 0 Å². The van der Waals surface area contributed by atoms with Gasteiger partial charge in [0.2, 0.25) is 0 Å². The summed E-state index contributed by atoms with van der Waals surface area (Å²) in [6, 6.07) is 7.87.